The molecule has 0 radical (unpaired) electrons. The maximum atomic E-state index is 12.1. The van der Waals surface area contributed by atoms with Gasteiger partial charge in [-0.05, 0) is 30.8 Å². The molecule has 0 unspecified atom stereocenters. The number of carbonyl (C=O) groups is 2. The van der Waals surface area contributed by atoms with E-state index >= 15 is 0 Å². The summed E-state index contributed by atoms with van der Waals surface area (Å²) < 4.78 is 5.29. The summed E-state index contributed by atoms with van der Waals surface area (Å²) >= 11 is 2.44. The Morgan fingerprint density at radius 1 is 1.38 bits per heavy atom. The van der Waals surface area contributed by atoms with E-state index in [1.54, 1.807) is 20.1 Å². The summed E-state index contributed by atoms with van der Waals surface area (Å²) in [5, 5.41) is 7.75. The fraction of sp³-hybridized carbons (Fsp3) is 0.176. The summed E-state index contributed by atoms with van der Waals surface area (Å²) in [6, 6.07) is 7.44. The standard InChI is InChI=1S/C17H16N4O3S2/c1-9-14(10(2)22)26-16(18-9)20-21-17-19-15(23)13(25-17)8-11-6-4-5-7-12(11)24-3/h4-8H,1-3H3,(H,18,20)(H,19,21,23)/b13-8+. The van der Waals surface area contributed by atoms with Crippen molar-refractivity contribution >= 4 is 51.2 Å². The fourth-order valence-corrected chi connectivity index (χ4v) is 3.85. The summed E-state index contributed by atoms with van der Waals surface area (Å²) in [6.07, 6.45) is 1.75. The van der Waals surface area contributed by atoms with Crippen LogP contribution in [0.2, 0.25) is 0 Å². The first-order valence-corrected chi connectivity index (χ1v) is 9.27. The van der Waals surface area contributed by atoms with Gasteiger partial charge in [0.2, 0.25) is 5.13 Å². The normalized spacial score (nSPS) is 16.8. The molecule has 26 heavy (non-hydrogen) atoms. The lowest BCUT2D eigenvalue weighted by Crippen LogP contribution is -2.20. The maximum absolute atomic E-state index is 12.1. The van der Waals surface area contributed by atoms with Crippen molar-refractivity contribution in [2.75, 3.05) is 12.5 Å². The molecule has 0 spiro atoms. The van der Waals surface area contributed by atoms with Crippen LogP contribution in [0.1, 0.15) is 27.9 Å². The van der Waals surface area contributed by atoms with E-state index < -0.39 is 0 Å². The van der Waals surface area contributed by atoms with E-state index in [9.17, 15) is 9.59 Å². The third-order valence-corrected chi connectivity index (χ3v) is 5.52. The lowest BCUT2D eigenvalue weighted by molar-refractivity contribution is -0.115. The monoisotopic (exact) mass is 388 g/mol. The molecule has 0 aliphatic carbocycles. The number of hydrazone groups is 1. The largest absolute Gasteiger partial charge is 0.496 e. The zero-order valence-electron chi connectivity index (χ0n) is 14.3. The van der Waals surface area contributed by atoms with Crippen molar-refractivity contribution in [1.82, 2.24) is 10.3 Å². The number of hydrogen-bond donors (Lipinski definition) is 2. The number of ether oxygens (including phenoxy) is 1. The van der Waals surface area contributed by atoms with E-state index in [2.05, 4.69) is 20.8 Å². The van der Waals surface area contributed by atoms with Crippen molar-refractivity contribution in [3.05, 3.63) is 45.3 Å². The Morgan fingerprint density at radius 2 is 2.15 bits per heavy atom. The number of rotatable bonds is 5. The summed E-state index contributed by atoms with van der Waals surface area (Å²) in [6.45, 7) is 3.27. The zero-order chi connectivity index (χ0) is 18.7. The Hall–Kier alpha value is -2.65. The van der Waals surface area contributed by atoms with Gasteiger partial charge in [0.1, 0.15) is 5.75 Å². The molecular weight excluding hydrogens is 372 g/mol. The van der Waals surface area contributed by atoms with Gasteiger partial charge in [-0.3, -0.25) is 20.3 Å². The third kappa shape index (κ3) is 3.94. The van der Waals surface area contributed by atoms with Crippen LogP contribution in [0, 0.1) is 6.92 Å². The number of thiazole rings is 1. The van der Waals surface area contributed by atoms with Gasteiger partial charge in [0.15, 0.2) is 11.0 Å². The minimum atomic E-state index is -0.235. The Balaban J connectivity index is 1.75. The van der Waals surface area contributed by atoms with Gasteiger partial charge in [0.25, 0.3) is 5.91 Å². The highest BCUT2D eigenvalue weighted by molar-refractivity contribution is 8.18. The number of benzene rings is 1. The second-order valence-corrected chi connectivity index (χ2v) is 7.35. The lowest BCUT2D eigenvalue weighted by atomic mass is 10.2. The van der Waals surface area contributed by atoms with Gasteiger partial charge in [-0.1, -0.05) is 29.5 Å². The number of nitrogens with one attached hydrogen (secondary N) is 2. The van der Waals surface area contributed by atoms with Gasteiger partial charge >= 0.3 is 0 Å². The molecule has 1 fully saturated rings. The van der Waals surface area contributed by atoms with Crippen LogP contribution in [-0.2, 0) is 4.79 Å². The number of amides is 1. The Morgan fingerprint density at radius 3 is 2.85 bits per heavy atom. The molecule has 1 aromatic heterocycles. The van der Waals surface area contributed by atoms with E-state index in [4.69, 9.17) is 4.74 Å². The molecule has 1 aliphatic heterocycles. The minimum Gasteiger partial charge on any atom is -0.496 e. The molecule has 134 valence electrons. The summed E-state index contributed by atoms with van der Waals surface area (Å²) in [5.74, 6) is 0.416. The predicted molar refractivity (Wildman–Crippen MR) is 105 cm³/mol. The molecule has 1 aliphatic rings. The number of anilines is 1. The van der Waals surface area contributed by atoms with Crippen molar-refractivity contribution in [3.63, 3.8) is 0 Å². The van der Waals surface area contributed by atoms with Crippen LogP contribution < -0.4 is 15.5 Å². The molecule has 7 nitrogen and oxygen atoms in total. The van der Waals surface area contributed by atoms with Crippen LogP contribution in [0.25, 0.3) is 6.08 Å². The van der Waals surface area contributed by atoms with Crippen molar-refractivity contribution in [2.24, 2.45) is 5.10 Å². The number of nitrogens with zero attached hydrogens (tertiary/aromatic N) is 2. The maximum Gasteiger partial charge on any atom is 0.264 e. The van der Waals surface area contributed by atoms with Crippen LogP contribution in [0.5, 0.6) is 5.75 Å². The van der Waals surface area contributed by atoms with Crippen LogP contribution in [0.4, 0.5) is 5.13 Å². The fourth-order valence-electron chi connectivity index (χ4n) is 2.28. The third-order valence-electron chi connectivity index (χ3n) is 3.45. The number of ketones is 1. The van der Waals surface area contributed by atoms with Crippen LogP contribution in [-0.4, -0.2) is 29.0 Å². The quantitative estimate of drug-likeness (QED) is 0.464. The SMILES string of the molecule is COc1ccccc1/C=C1/S/C(=N\Nc2nc(C)c(C(C)=O)s2)NC1=O. The average Bonchev–Trinajstić information content (AvgIpc) is 3.16. The Kier molecular flexibility index (Phi) is 5.38. The first-order valence-electron chi connectivity index (χ1n) is 7.64. The summed E-state index contributed by atoms with van der Waals surface area (Å²) in [4.78, 5) is 29.0. The number of methoxy groups -OCH3 is 1. The van der Waals surface area contributed by atoms with E-state index in [0.717, 1.165) is 5.56 Å². The van der Waals surface area contributed by atoms with Gasteiger partial charge in [0.05, 0.1) is 22.6 Å². The van der Waals surface area contributed by atoms with E-state index in [1.807, 2.05) is 24.3 Å². The van der Waals surface area contributed by atoms with Crippen LogP contribution >= 0.6 is 23.1 Å². The van der Waals surface area contributed by atoms with Crippen LogP contribution in [0.15, 0.2) is 34.3 Å². The Labute approximate surface area is 158 Å². The van der Waals surface area contributed by atoms with E-state index in [1.165, 1.54) is 30.0 Å². The number of aryl methyl sites for hydroxylation is 1. The molecule has 1 saturated heterocycles. The molecule has 1 amide bonds. The molecule has 2 heterocycles. The van der Waals surface area contributed by atoms with Crippen molar-refractivity contribution in [3.8, 4) is 5.75 Å². The highest BCUT2D eigenvalue weighted by Gasteiger charge is 2.24. The number of amidine groups is 1. The van der Waals surface area contributed by atoms with Crippen LogP contribution in [0.3, 0.4) is 0 Å². The molecule has 9 heteroatoms. The lowest BCUT2D eigenvalue weighted by Gasteiger charge is -2.03. The highest BCUT2D eigenvalue weighted by atomic mass is 32.2. The molecule has 3 rings (SSSR count). The smallest absolute Gasteiger partial charge is 0.264 e. The number of aromatic nitrogens is 1. The van der Waals surface area contributed by atoms with Gasteiger partial charge in [-0.2, -0.15) is 0 Å². The summed E-state index contributed by atoms with van der Waals surface area (Å²) in [7, 11) is 1.58. The molecule has 2 N–H and O–H groups in total. The molecule has 0 bridgehead atoms. The predicted octanol–water partition coefficient (Wildman–Crippen LogP) is 3.25. The molecule has 1 aromatic carbocycles. The van der Waals surface area contributed by atoms with Gasteiger partial charge in [-0.15, -0.1) is 5.10 Å². The van der Waals surface area contributed by atoms with Gasteiger partial charge < -0.3 is 4.74 Å². The van der Waals surface area contributed by atoms with E-state index in [0.29, 0.717) is 31.5 Å². The number of para-hydroxylation sites is 1. The first-order chi connectivity index (χ1) is 12.5. The average molecular weight is 388 g/mol. The minimum absolute atomic E-state index is 0.0359. The molecule has 0 saturated carbocycles. The topological polar surface area (TPSA) is 92.7 Å². The Bertz CT molecular complexity index is 934. The number of carbonyl (C=O) groups excluding carboxylic acids is 2. The second-order valence-electron chi connectivity index (χ2n) is 5.33. The molecule has 2 aromatic rings. The van der Waals surface area contributed by atoms with Crippen molar-refractivity contribution in [2.45, 2.75) is 13.8 Å². The molecular formula is C17H16N4O3S2. The highest BCUT2D eigenvalue weighted by Crippen LogP contribution is 2.29. The van der Waals surface area contributed by atoms with Gasteiger partial charge in [-0.25, -0.2) is 4.98 Å². The number of hydrogen-bond acceptors (Lipinski definition) is 8. The molecule has 0 atom stereocenters. The summed E-state index contributed by atoms with van der Waals surface area (Å²) in [5.41, 5.74) is 4.25. The van der Waals surface area contributed by atoms with Gasteiger partial charge in [0, 0.05) is 12.5 Å². The first kappa shape index (κ1) is 18.2. The number of Topliss-reactive ketones (excluding diaryl/α,β-unsaturated/α-hetero) is 1. The zero-order valence-corrected chi connectivity index (χ0v) is 16.0. The van der Waals surface area contributed by atoms with Crippen molar-refractivity contribution in [1.29, 1.82) is 0 Å². The van der Waals surface area contributed by atoms with Crippen molar-refractivity contribution < 1.29 is 14.3 Å². The second kappa shape index (κ2) is 7.71. The number of thioether (sulfide) groups is 1. The van der Waals surface area contributed by atoms with E-state index in [-0.39, 0.29) is 11.7 Å².